The van der Waals surface area contributed by atoms with Crippen molar-refractivity contribution in [2.45, 2.75) is 46.1 Å². The van der Waals surface area contributed by atoms with Gasteiger partial charge in [0.05, 0.1) is 6.54 Å². The molecule has 0 aliphatic rings. The van der Waals surface area contributed by atoms with Crippen molar-refractivity contribution in [2.24, 2.45) is 16.3 Å². The van der Waals surface area contributed by atoms with Crippen LogP contribution in [0, 0.1) is 5.41 Å². The van der Waals surface area contributed by atoms with Crippen LogP contribution in [0.15, 0.2) is 23.6 Å². The predicted octanol–water partition coefficient (Wildman–Crippen LogP) is 1.33. The molecule has 1 amide bonds. The Kier molecular flexibility index (Phi) is 6.71. The smallest absolute Gasteiger partial charge is 0.234 e. The van der Waals surface area contributed by atoms with E-state index in [1.807, 2.05) is 26.1 Å². The van der Waals surface area contributed by atoms with Gasteiger partial charge in [0.15, 0.2) is 5.84 Å². The number of oxime groups is 1. The molecular formula is C14H25N5O2. The first-order chi connectivity index (χ1) is 10.1. The molecule has 0 bridgehead atoms. The summed E-state index contributed by atoms with van der Waals surface area (Å²) in [6, 6.07) is 1.83. The molecule has 4 N–H and O–H groups in total. The second kappa shape index (κ2) is 8.28. The minimum absolute atomic E-state index is 0.0113. The van der Waals surface area contributed by atoms with Gasteiger partial charge in [-0.05, 0) is 18.9 Å². The Morgan fingerprint density at radius 3 is 2.57 bits per heavy atom. The molecule has 0 aromatic carbocycles. The highest BCUT2D eigenvalue weighted by Crippen LogP contribution is 2.30. The molecule has 21 heavy (non-hydrogen) atoms. The van der Waals surface area contributed by atoms with Gasteiger partial charge in [0.1, 0.15) is 5.41 Å². The maximum atomic E-state index is 12.6. The van der Waals surface area contributed by atoms with Gasteiger partial charge in [0.2, 0.25) is 5.91 Å². The highest BCUT2D eigenvalue weighted by molar-refractivity contribution is 6.06. The van der Waals surface area contributed by atoms with Crippen LogP contribution in [0.4, 0.5) is 0 Å². The van der Waals surface area contributed by atoms with Gasteiger partial charge >= 0.3 is 0 Å². The maximum absolute atomic E-state index is 12.6. The summed E-state index contributed by atoms with van der Waals surface area (Å²) >= 11 is 0. The van der Waals surface area contributed by atoms with Gasteiger partial charge in [0, 0.05) is 18.9 Å². The molecule has 1 heterocycles. The van der Waals surface area contributed by atoms with E-state index in [1.165, 1.54) is 0 Å². The van der Waals surface area contributed by atoms with Gasteiger partial charge in [0.25, 0.3) is 0 Å². The molecular weight excluding hydrogens is 270 g/mol. The standard InChI is InChI=1S/C14H25N5O2/c1-3-6-14(7-4-2,12(15)18-21)13(20)16-9-11-19-10-5-8-17-19/h5,8,10,21H,3-4,6-7,9,11H2,1-2H3,(H2,15,18)(H,16,20). The number of aromatic nitrogens is 2. The first-order valence-electron chi connectivity index (χ1n) is 7.34. The summed E-state index contributed by atoms with van der Waals surface area (Å²) in [5.74, 6) is -0.198. The van der Waals surface area contributed by atoms with Gasteiger partial charge in [-0.15, -0.1) is 0 Å². The number of nitrogens with zero attached hydrogens (tertiary/aromatic N) is 3. The second-order valence-corrected chi connectivity index (χ2v) is 5.09. The average Bonchev–Trinajstić information content (AvgIpc) is 2.99. The molecule has 0 aliphatic heterocycles. The molecule has 1 aromatic heterocycles. The zero-order chi connectivity index (χ0) is 15.7. The quantitative estimate of drug-likeness (QED) is 0.276. The fourth-order valence-corrected chi connectivity index (χ4v) is 2.56. The number of carbonyl (C=O) groups excluding carboxylic acids is 1. The van der Waals surface area contributed by atoms with E-state index < -0.39 is 5.41 Å². The topological polar surface area (TPSA) is 106 Å². The molecule has 1 rings (SSSR count). The highest BCUT2D eigenvalue weighted by atomic mass is 16.4. The van der Waals surface area contributed by atoms with Crippen molar-refractivity contribution in [1.29, 1.82) is 0 Å². The number of hydrogen-bond acceptors (Lipinski definition) is 4. The van der Waals surface area contributed by atoms with E-state index in [0.29, 0.717) is 25.9 Å². The SMILES string of the molecule is CCCC(CCC)(C(=O)NCCn1cccn1)C(N)=NO. The summed E-state index contributed by atoms with van der Waals surface area (Å²) < 4.78 is 1.74. The van der Waals surface area contributed by atoms with Crippen molar-refractivity contribution in [3.8, 4) is 0 Å². The van der Waals surface area contributed by atoms with Gasteiger partial charge in [-0.3, -0.25) is 9.48 Å². The molecule has 0 atom stereocenters. The third kappa shape index (κ3) is 4.21. The summed E-state index contributed by atoms with van der Waals surface area (Å²) in [6.07, 6.45) is 6.21. The summed E-state index contributed by atoms with van der Waals surface area (Å²) in [5, 5.41) is 19.1. The predicted molar refractivity (Wildman–Crippen MR) is 80.9 cm³/mol. The molecule has 0 fully saturated rings. The second-order valence-electron chi connectivity index (χ2n) is 5.09. The maximum Gasteiger partial charge on any atom is 0.234 e. The molecule has 7 nitrogen and oxygen atoms in total. The van der Waals surface area contributed by atoms with E-state index in [1.54, 1.807) is 10.9 Å². The van der Waals surface area contributed by atoms with Crippen molar-refractivity contribution >= 4 is 11.7 Å². The van der Waals surface area contributed by atoms with Crippen molar-refractivity contribution in [1.82, 2.24) is 15.1 Å². The van der Waals surface area contributed by atoms with Crippen LogP contribution in [0.3, 0.4) is 0 Å². The Morgan fingerprint density at radius 1 is 1.43 bits per heavy atom. The zero-order valence-corrected chi connectivity index (χ0v) is 12.7. The summed E-state index contributed by atoms with van der Waals surface area (Å²) in [7, 11) is 0. The number of hydrogen-bond donors (Lipinski definition) is 3. The fraction of sp³-hybridized carbons (Fsp3) is 0.643. The fourth-order valence-electron chi connectivity index (χ4n) is 2.56. The number of nitrogens with one attached hydrogen (secondary N) is 1. The van der Waals surface area contributed by atoms with Crippen LogP contribution in [-0.4, -0.2) is 33.3 Å². The van der Waals surface area contributed by atoms with Crippen LogP contribution in [0.2, 0.25) is 0 Å². The van der Waals surface area contributed by atoms with Gasteiger partial charge < -0.3 is 16.3 Å². The Hall–Kier alpha value is -2.05. The number of carbonyl (C=O) groups is 1. The molecule has 1 aromatic rings. The number of rotatable bonds is 9. The molecule has 0 aliphatic carbocycles. The van der Waals surface area contributed by atoms with E-state index in [-0.39, 0.29) is 11.7 Å². The van der Waals surface area contributed by atoms with Crippen LogP contribution in [0.1, 0.15) is 39.5 Å². The highest BCUT2D eigenvalue weighted by Gasteiger charge is 2.41. The molecule has 118 valence electrons. The van der Waals surface area contributed by atoms with E-state index in [4.69, 9.17) is 10.9 Å². The normalized spacial score (nSPS) is 12.4. The average molecular weight is 295 g/mol. The van der Waals surface area contributed by atoms with Crippen LogP contribution in [0.5, 0.6) is 0 Å². The van der Waals surface area contributed by atoms with Crippen molar-refractivity contribution in [2.75, 3.05) is 6.54 Å². The van der Waals surface area contributed by atoms with E-state index in [2.05, 4.69) is 15.6 Å². The Morgan fingerprint density at radius 2 is 2.10 bits per heavy atom. The number of nitrogens with two attached hydrogens (primary N) is 1. The molecule has 0 saturated carbocycles. The lowest BCUT2D eigenvalue weighted by Crippen LogP contribution is -2.50. The molecule has 7 heteroatoms. The van der Waals surface area contributed by atoms with Gasteiger partial charge in [-0.25, -0.2) is 0 Å². The van der Waals surface area contributed by atoms with Crippen LogP contribution in [0.25, 0.3) is 0 Å². The first-order valence-corrected chi connectivity index (χ1v) is 7.34. The number of amidine groups is 1. The molecule has 0 radical (unpaired) electrons. The van der Waals surface area contributed by atoms with Gasteiger partial charge in [-0.1, -0.05) is 31.8 Å². The largest absolute Gasteiger partial charge is 0.409 e. The number of amides is 1. The Balaban J connectivity index is 2.74. The van der Waals surface area contributed by atoms with Crippen LogP contribution < -0.4 is 11.1 Å². The minimum atomic E-state index is -0.928. The summed E-state index contributed by atoms with van der Waals surface area (Å²) in [5.41, 5.74) is 4.88. The van der Waals surface area contributed by atoms with Crippen LogP contribution in [-0.2, 0) is 11.3 Å². The van der Waals surface area contributed by atoms with Crippen molar-refractivity contribution in [3.63, 3.8) is 0 Å². The van der Waals surface area contributed by atoms with Crippen molar-refractivity contribution < 1.29 is 10.0 Å². The van der Waals surface area contributed by atoms with Gasteiger partial charge in [-0.2, -0.15) is 5.10 Å². The lowest BCUT2D eigenvalue weighted by Gasteiger charge is -2.30. The Labute approximate surface area is 125 Å². The van der Waals surface area contributed by atoms with E-state index >= 15 is 0 Å². The van der Waals surface area contributed by atoms with Crippen LogP contribution >= 0.6 is 0 Å². The lowest BCUT2D eigenvalue weighted by molar-refractivity contribution is -0.128. The minimum Gasteiger partial charge on any atom is -0.409 e. The molecule has 0 spiro atoms. The lowest BCUT2D eigenvalue weighted by atomic mass is 9.77. The van der Waals surface area contributed by atoms with Crippen molar-refractivity contribution in [3.05, 3.63) is 18.5 Å². The summed E-state index contributed by atoms with van der Waals surface area (Å²) in [6.45, 7) is 5.00. The Bertz CT molecular complexity index is 450. The molecule has 0 unspecified atom stereocenters. The van der Waals surface area contributed by atoms with E-state index in [0.717, 1.165) is 12.8 Å². The summed E-state index contributed by atoms with van der Waals surface area (Å²) in [4.78, 5) is 12.6. The zero-order valence-electron chi connectivity index (χ0n) is 12.7. The van der Waals surface area contributed by atoms with E-state index in [9.17, 15) is 4.79 Å². The third-order valence-corrected chi connectivity index (χ3v) is 3.57. The third-order valence-electron chi connectivity index (χ3n) is 3.57. The molecule has 0 saturated heterocycles. The monoisotopic (exact) mass is 295 g/mol. The first kappa shape index (κ1) is 17.0.